The number of hydrogen-bond donors (Lipinski definition) is 1. The molecule has 2 heterocycles. The highest BCUT2D eigenvalue weighted by Crippen LogP contribution is 2.35. The molecule has 1 aliphatic rings. The molecule has 26 heavy (non-hydrogen) atoms. The van der Waals surface area contributed by atoms with Crippen molar-refractivity contribution in [2.75, 3.05) is 18.4 Å². The Morgan fingerprint density at radius 3 is 2.58 bits per heavy atom. The van der Waals surface area contributed by atoms with Gasteiger partial charge < -0.3 is 5.32 Å². The van der Waals surface area contributed by atoms with Crippen LogP contribution in [0.25, 0.3) is 0 Å². The zero-order valence-corrected chi connectivity index (χ0v) is 16.3. The third-order valence-corrected chi connectivity index (χ3v) is 6.73. The van der Waals surface area contributed by atoms with Gasteiger partial charge in [-0.1, -0.05) is 37.1 Å². The lowest BCUT2D eigenvalue weighted by molar-refractivity contribution is 0.255. The van der Waals surface area contributed by atoms with Crippen LogP contribution >= 0.6 is 0 Å². The second-order valence-corrected chi connectivity index (χ2v) is 8.73. The van der Waals surface area contributed by atoms with E-state index in [4.69, 9.17) is 0 Å². The summed E-state index contributed by atoms with van der Waals surface area (Å²) in [5, 5.41) is 3.25. The highest BCUT2D eigenvalue weighted by molar-refractivity contribution is 7.89. The Morgan fingerprint density at radius 2 is 1.92 bits per heavy atom. The fraction of sp³-hybridized carbons (Fsp3) is 0.450. The summed E-state index contributed by atoms with van der Waals surface area (Å²) < 4.78 is 28.0. The molecule has 0 aliphatic carbocycles. The maximum atomic E-state index is 13.2. The van der Waals surface area contributed by atoms with Gasteiger partial charge in [0.1, 0.15) is 5.82 Å². The maximum absolute atomic E-state index is 13.2. The van der Waals surface area contributed by atoms with E-state index in [1.54, 1.807) is 16.4 Å². The van der Waals surface area contributed by atoms with Crippen LogP contribution in [-0.2, 0) is 10.0 Å². The maximum Gasteiger partial charge on any atom is 0.243 e. The van der Waals surface area contributed by atoms with E-state index in [9.17, 15) is 8.42 Å². The molecule has 0 radical (unpaired) electrons. The molecule has 1 aromatic heterocycles. The monoisotopic (exact) mass is 373 g/mol. The average Bonchev–Trinajstić information content (AvgIpc) is 2.67. The Morgan fingerprint density at radius 1 is 1.15 bits per heavy atom. The predicted molar refractivity (Wildman–Crippen MR) is 105 cm³/mol. The number of anilines is 1. The fourth-order valence-electron chi connectivity index (χ4n) is 3.33. The van der Waals surface area contributed by atoms with Crippen molar-refractivity contribution in [1.82, 2.24) is 9.29 Å². The molecule has 6 heteroatoms. The molecule has 2 aromatic rings. The van der Waals surface area contributed by atoms with Gasteiger partial charge in [0, 0.05) is 19.3 Å². The van der Waals surface area contributed by atoms with E-state index in [0.717, 1.165) is 49.2 Å². The van der Waals surface area contributed by atoms with E-state index < -0.39 is 10.0 Å². The summed E-state index contributed by atoms with van der Waals surface area (Å²) in [6, 6.07) is 10.9. The number of hydrogen-bond acceptors (Lipinski definition) is 4. The first-order chi connectivity index (χ1) is 12.5. The largest absolute Gasteiger partial charge is 0.370 e. The first-order valence-corrected chi connectivity index (χ1v) is 10.7. The van der Waals surface area contributed by atoms with Gasteiger partial charge >= 0.3 is 0 Å². The van der Waals surface area contributed by atoms with Crippen LogP contribution in [0.3, 0.4) is 0 Å². The molecule has 1 unspecified atom stereocenters. The number of benzene rings is 1. The summed E-state index contributed by atoms with van der Waals surface area (Å²) >= 11 is 0. The molecule has 3 rings (SSSR count). The van der Waals surface area contributed by atoms with Gasteiger partial charge in [0.15, 0.2) is 0 Å². The molecule has 1 atom stereocenters. The van der Waals surface area contributed by atoms with Crippen molar-refractivity contribution in [2.24, 2.45) is 0 Å². The quantitative estimate of drug-likeness (QED) is 0.827. The summed E-state index contributed by atoms with van der Waals surface area (Å²) in [4.78, 5) is 4.82. The van der Waals surface area contributed by atoms with E-state index >= 15 is 0 Å². The standard InChI is InChI=1S/C20H27N3O2S/c1-3-13-21-20-12-9-17(15-22-20)19-6-4-5-14-23(19)26(24,25)18-10-7-16(2)8-11-18/h7-12,15,19H,3-6,13-14H2,1-2H3,(H,21,22). The zero-order chi connectivity index (χ0) is 18.6. The van der Waals surface area contributed by atoms with Crippen molar-refractivity contribution < 1.29 is 8.42 Å². The molecule has 140 valence electrons. The van der Waals surface area contributed by atoms with Crippen molar-refractivity contribution in [1.29, 1.82) is 0 Å². The molecule has 5 nitrogen and oxygen atoms in total. The second-order valence-electron chi connectivity index (χ2n) is 6.84. The average molecular weight is 374 g/mol. The molecule has 0 spiro atoms. The lowest BCUT2D eigenvalue weighted by Gasteiger charge is -2.35. The molecule has 0 bridgehead atoms. The molecule has 1 N–H and O–H groups in total. The van der Waals surface area contributed by atoms with Crippen LogP contribution in [0.2, 0.25) is 0 Å². The SMILES string of the molecule is CCCNc1ccc(C2CCCCN2S(=O)(=O)c2ccc(C)cc2)cn1. The molecule has 1 aromatic carbocycles. The fourth-order valence-corrected chi connectivity index (χ4v) is 5.01. The Balaban J connectivity index is 1.86. The molecular weight excluding hydrogens is 346 g/mol. The Bertz CT molecular complexity index is 817. The van der Waals surface area contributed by atoms with Gasteiger partial charge in [0.25, 0.3) is 0 Å². The van der Waals surface area contributed by atoms with Crippen LogP contribution in [0.5, 0.6) is 0 Å². The van der Waals surface area contributed by atoms with Crippen molar-refractivity contribution in [3.05, 3.63) is 53.7 Å². The van der Waals surface area contributed by atoms with E-state index in [2.05, 4.69) is 17.2 Å². The van der Waals surface area contributed by atoms with Crippen LogP contribution in [0, 0.1) is 6.92 Å². The van der Waals surface area contributed by atoms with Gasteiger partial charge in [0.05, 0.1) is 10.9 Å². The van der Waals surface area contributed by atoms with E-state index in [1.165, 1.54) is 0 Å². The van der Waals surface area contributed by atoms with E-state index in [0.29, 0.717) is 11.4 Å². The number of aryl methyl sites for hydroxylation is 1. The number of aromatic nitrogens is 1. The number of nitrogens with zero attached hydrogens (tertiary/aromatic N) is 2. The summed E-state index contributed by atoms with van der Waals surface area (Å²) in [6.07, 6.45) is 5.60. The minimum atomic E-state index is -3.51. The number of sulfonamides is 1. The van der Waals surface area contributed by atoms with Crippen LogP contribution in [0.4, 0.5) is 5.82 Å². The third-order valence-electron chi connectivity index (χ3n) is 4.81. The van der Waals surface area contributed by atoms with Crippen molar-refractivity contribution in [3.63, 3.8) is 0 Å². The Hall–Kier alpha value is -1.92. The lowest BCUT2D eigenvalue weighted by Crippen LogP contribution is -2.38. The smallest absolute Gasteiger partial charge is 0.243 e. The Kier molecular flexibility index (Phi) is 5.94. The van der Waals surface area contributed by atoms with Gasteiger partial charge in [-0.2, -0.15) is 4.31 Å². The third kappa shape index (κ3) is 4.07. The zero-order valence-electron chi connectivity index (χ0n) is 15.5. The number of rotatable bonds is 6. The van der Waals surface area contributed by atoms with Crippen LogP contribution in [0.15, 0.2) is 47.5 Å². The van der Waals surface area contributed by atoms with Gasteiger partial charge in [-0.25, -0.2) is 13.4 Å². The van der Waals surface area contributed by atoms with Crippen molar-refractivity contribution in [3.8, 4) is 0 Å². The highest BCUT2D eigenvalue weighted by Gasteiger charge is 2.34. The number of pyridine rings is 1. The van der Waals surface area contributed by atoms with Crippen molar-refractivity contribution >= 4 is 15.8 Å². The molecule has 1 fully saturated rings. The minimum absolute atomic E-state index is 0.150. The topological polar surface area (TPSA) is 62.3 Å². The molecular formula is C20H27N3O2S. The number of piperidine rings is 1. The first kappa shape index (κ1) is 18.9. The highest BCUT2D eigenvalue weighted by atomic mass is 32.2. The van der Waals surface area contributed by atoms with Crippen LogP contribution in [0.1, 0.15) is 49.8 Å². The summed E-state index contributed by atoms with van der Waals surface area (Å²) in [6.45, 7) is 5.50. The van der Waals surface area contributed by atoms with Crippen LogP contribution < -0.4 is 5.32 Å². The first-order valence-electron chi connectivity index (χ1n) is 9.30. The molecule has 1 saturated heterocycles. The lowest BCUT2D eigenvalue weighted by atomic mass is 9.99. The van der Waals surface area contributed by atoms with Crippen molar-refractivity contribution in [2.45, 2.75) is 50.5 Å². The van der Waals surface area contributed by atoms with Gasteiger partial charge in [-0.15, -0.1) is 0 Å². The molecule has 1 aliphatic heterocycles. The second kappa shape index (κ2) is 8.18. The van der Waals surface area contributed by atoms with E-state index in [1.807, 2.05) is 37.4 Å². The Labute approximate surface area is 156 Å². The molecule has 0 amide bonds. The van der Waals surface area contributed by atoms with Gasteiger partial charge in [-0.05, 0) is 49.9 Å². The van der Waals surface area contributed by atoms with Gasteiger partial charge in [0.2, 0.25) is 10.0 Å². The minimum Gasteiger partial charge on any atom is -0.370 e. The summed E-state index contributed by atoms with van der Waals surface area (Å²) in [7, 11) is -3.51. The summed E-state index contributed by atoms with van der Waals surface area (Å²) in [5.74, 6) is 0.833. The van der Waals surface area contributed by atoms with Gasteiger partial charge in [-0.3, -0.25) is 0 Å². The van der Waals surface area contributed by atoms with E-state index in [-0.39, 0.29) is 6.04 Å². The molecule has 0 saturated carbocycles. The number of nitrogens with one attached hydrogen (secondary N) is 1. The van der Waals surface area contributed by atoms with Crippen LogP contribution in [-0.4, -0.2) is 30.8 Å². The predicted octanol–water partition coefficient (Wildman–Crippen LogP) is 4.13. The summed E-state index contributed by atoms with van der Waals surface area (Å²) in [5.41, 5.74) is 2.01. The normalized spacial score (nSPS) is 18.6.